The molecular weight excluding hydrogens is 297 g/mol. The molecule has 1 fully saturated rings. The average Bonchev–Trinajstić information content (AvgIpc) is 2.55. The van der Waals surface area contributed by atoms with Gasteiger partial charge < -0.3 is 10.4 Å². The highest BCUT2D eigenvalue weighted by molar-refractivity contribution is 5.89. The average molecular weight is 321 g/mol. The maximum absolute atomic E-state index is 13.2. The first-order valence-corrected chi connectivity index (χ1v) is 8.16. The summed E-state index contributed by atoms with van der Waals surface area (Å²) in [7, 11) is 0. The molecule has 0 heterocycles. The number of hydrogen-bond acceptors (Lipinski definition) is 2. The van der Waals surface area contributed by atoms with E-state index in [1.165, 1.54) is 12.1 Å². The Morgan fingerprint density at radius 3 is 2.22 bits per heavy atom. The number of aliphatic carboxylic acids is 1. The van der Waals surface area contributed by atoms with E-state index < -0.39 is 23.3 Å². The van der Waals surface area contributed by atoms with Crippen LogP contribution in [0.3, 0.4) is 0 Å². The Hall–Kier alpha value is -1.91. The second-order valence-electron chi connectivity index (χ2n) is 6.54. The first-order valence-electron chi connectivity index (χ1n) is 8.16. The molecule has 1 aliphatic carbocycles. The zero-order valence-electron chi connectivity index (χ0n) is 13.6. The predicted molar refractivity (Wildman–Crippen MR) is 85.6 cm³/mol. The van der Waals surface area contributed by atoms with Gasteiger partial charge in [-0.05, 0) is 44.4 Å². The highest BCUT2D eigenvalue weighted by atomic mass is 19.1. The van der Waals surface area contributed by atoms with E-state index in [1.54, 1.807) is 26.0 Å². The van der Waals surface area contributed by atoms with Crippen LogP contribution in [0.15, 0.2) is 24.3 Å². The summed E-state index contributed by atoms with van der Waals surface area (Å²) in [5.74, 6) is -2.07. The van der Waals surface area contributed by atoms with Crippen LogP contribution < -0.4 is 5.32 Å². The Morgan fingerprint density at radius 1 is 1.13 bits per heavy atom. The third-order valence-electron chi connectivity index (χ3n) is 5.04. The lowest BCUT2D eigenvalue weighted by Crippen LogP contribution is -2.51. The van der Waals surface area contributed by atoms with Crippen LogP contribution in [0.2, 0.25) is 0 Å². The molecule has 2 atom stereocenters. The number of rotatable bonds is 5. The summed E-state index contributed by atoms with van der Waals surface area (Å²) in [6, 6.07) is 5.64. The fraction of sp³-hybridized carbons (Fsp3) is 0.556. The van der Waals surface area contributed by atoms with Gasteiger partial charge in [0, 0.05) is 6.04 Å². The Balaban J connectivity index is 2.25. The Bertz CT molecular complexity index is 564. The van der Waals surface area contributed by atoms with Crippen LogP contribution in [0.25, 0.3) is 0 Å². The van der Waals surface area contributed by atoms with Crippen molar-refractivity contribution in [3.05, 3.63) is 35.6 Å². The molecule has 2 N–H and O–H groups in total. The molecule has 0 aromatic heterocycles. The highest BCUT2D eigenvalue weighted by Crippen LogP contribution is 2.40. The van der Waals surface area contributed by atoms with Crippen molar-refractivity contribution in [3.63, 3.8) is 0 Å². The van der Waals surface area contributed by atoms with Gasteiger partial charge in [0.1, 0.15) is 5.82 Å². The first-order chi connectivity index (χ1) is 10.9. The van der Waals surface area contributed by atoms with Gasteiger partial charge in [-0.3, -0.25) is 9.59 Å². The molecule has 1 aromatic carbocycles. The van der Waals surface area contributed by atoms with Gasteiger partial charge >= 0.3 is 5.97 Å². The van der Waals surface area contributed by atoms with E-state index in [0.717, 1.165) is 24.8 Å². The van der Waals surface area contributed by atoms with Gasteiger partial charge in [0.2, 0.25) is 5.91 Å². The topological polar surface area (TPSA) is 66.4 Å². The van der Waals surface area contributed by atoms with E-state index in [1.807, 2.05) is 0 Å². The number of carboxylic acids is 1. The van der Waals surface area contributed by atoms with Gasteiger partial charge in [-0.15, -0.1) is 0 Å². The number of carbonyl (C=O) groups excluding carboxylic acids is 1. The molecule has 0 bridgehead atoms. The van der Waals surface area contributed by atoms with Crippen LogP contribution in [0, 0.1) is 11.7 Å². The molecule has 23 heavy (non-hydrogen) atoms. The molecule has 2 rings (SSSR count). The minimum Gasteiger partial charge on any atom is -0.481 e. The van der Waals surface area contributed by atoms with Crippen molar-refractivity contribution in [2.75, 3.05) is 0 Å². The molecule has 0 saturated heterocycles. The lowest BCUT2D eigenvalue weighted by molar-refractivity contribution is -0.142. The molecule has 0 aliphatic heterocycles. The molecule has 1 aromatic rings. The number of hydrogen-bond donors (Lipinski definition) is 2. The van der Waals surface area contributed by atoms with Crippen LogP contribution in [-0.4, -0.2) is 23.0 Å². The van der Waals surface area contributed by atoms with E-state index in [2.05, 4.69) is 5.32 Å². The summed E-state index contributed by atoms with van der Waals surface area (Å²) in [5.41, 5.74) is 0.129. The lowest BCUT2D eigenvalue weighted by atomic mass is 9.68. The lowest BCUT2D eigenvalue weighted by Gasteiger charge is -2.37. The van der Waals surface area contributed by atoms with Crippen LogP contribution in [-0.2, 0) is 15.0 Å². The van der Waals surface area contributed by atoms with Gasteiger partial charge in [-0.2, -0.15) is 0 Å². The van der Waals surface area contributed by atoms with Gasteiger partial charge in [0.15, 0.2) is 0 Å². The van der Waals surface area contributed by atoms with E-state index in [4.69, 9.17) is 5.11 Å². The second kappa shape index (κ2) is 7.11. The maximum Gasteiger partial charge on any atom is 0.308 e. The smallest absolute Gasteiger partial charge is 0.308 e. The van der Waals surface area contributed by atoms with E-state index in [9.17, 15) is 14.0 Å². The predicted octanol–water partition coefficient (Wildman–Crippen LogP) is 3.25. The third-order valence-corrected chi connectivity index (χ3v) is 5.04. The number of carbonyl (C=O) groups is 2. The molecule has 1 saturated carbocycles. The van der Waals surface area contributed by atoms with E-state index >= 15 is 0 Å². The zero-order valence-corrected chi connectivity index (χ0v) is 13.6. The van der Waals surface area contributed by atoms with Crippen molar-refractivity contribution in [1.29, 1.82) is 0 Å². The minimum atomic E-state index is -0.933. The van der Waals surface area contributed by atoms with Crippen LogP contribution >= 0.6 is 0 Å². The van der Waals surface area contributed by atoms with Crippen LogP contribution in [0.4, 0.5) is 4.39 Å². The molecule has 2 unspecified atom stereocenters. The number of carboxylic acid groups (broad SMARTS) is 1. The summed E-state index contributed by atoms with van der Waals surface area (Å²) < 4.78 is 13.2. The fourth-order valence-corrected chi connectivity index (χ4v) is 3.25. The van der Waals surface area contributed by atoms with Gasteiger partial charge in [-0.25, -0.2) is 4.39 Å². The fourth-order valence-electron chi connectivity index (χ4n) is 3.25. The van der Waals surface area contributed by atoms with Crippen molar-refractivity contribution in [2.45, 2.75) is 57.4 Å². The molecular formula is C18H24FNO3. The summed E-state index contributed by atoms with van der Waals surface area (Å²) in [5, 5.41) is 12.0. The molecule has 1 amide bonds. The number of halogens is 1. The molecule has 4 nitrogen and oxygen atoms in total. The quantitative estimate of drug-likeness (QED) is 0.875. The van der Waals surface area contributed by atoms with E-state index in [0.29, 0.717) is 12.8 Å². The van der Waals surface area contributed by atoms with Crippen molar-refractivity contribution in [2.24, 2.45) is 5.92 Å². The largest absolute Gasteiger partial charge is 0.481 e. The monoisotopic (exact) mass is 321 g/mol. The SMILES string of the molecule is CC(NC(=O)C1(c2ccc(F)cc2)CCCCC1)C(C)C(=O)O. The minimum absolute atomic E-state index is 0.149. The van der Waals surface area contributed by atoms with Crippen molar-refractivity contribution in [3.8, 4) is 0 Å². The summed E-state index contributed by atoms with van der Waals surface area (Å²) >= 11 is 0. The summed E-state index contributed by atoms with van der Waals surface area (Å²) in [4.78, 5) is 24.0. The summed E-state index contributed by atoms with van der Waals surface area (Å²) in [6.07, 6.45) is 4.37. The van der Waals surface area contributed by atoms with Gasteiger partial charge in [0.05, 0.1) is 11.3 Å². The van der Waals surface area contributed by atoms with Crippen LogP contribution in [0.5, 0.6) is 0 Å². The van der Waals surface area contributed by atoms with Crippen LogP contribution in [0.1, 0.15) is 51.5 Å². The normalized spacial score (nSPS) is 19.6. The molecule has 1 aliphatic rings. The van der Waals surface area contributed by atoms with Gasteiger partial charge in [0.25, 0.3) is 0 Å². The number of amides is 1. The third kappa shape index (κ3) is 3.71. The molecule has 0 radical (unpaired) electrons. The van der Waals surface area contributed by atoms with E-state index in [-0.39, 0.29) is 11.7 Å². The zero-order chi connectivity index (χ0) is 17.0. The molecule has 0 spiro atoms. The Kier molecular flexibility index (Phi) is 5.39. The Labute approximate surface area is 136 Å². The molecule has 5 heteroatoms. The molecule has 126 valence electrons. The highest BCUT2D eigenvalue weighted by Gasteiger charge is 2.42. The van der Waals surface area contributed by atoms with Crippen molar-refractivity contribution >= 4 is 11.9 Å². The standard InChI is InChI=1S/C18H24FNO3/c1-12(16(21)22)13(2)20-17(23)18(10-4-3-5-11-18)14-6-8-15(19)9-7-14/h6-9,12-13H,3-5,10-11H2,1-2H3,(H,20,23)(H,21,22). The van der Waals surface area contributed by atoms with Crippen molar-refractivity contribution in [1.82, 2.24) is 5.32 Å². The number of benzene rings is 1. The second-order valence-corrected chi connectivity index (χ2v) is 6.54. The Morgan fingerprint density at radius 2 is 1.70 bits per heavy atom. The summed E-state index contributed by atoms with van der Waals surface area (Å²) in [6.45, 7) is 3.29. The first kappa shape index (κ1) is 17.4. The number of nitrogens with one attached hydrogen (secondary N) is 1. The van der Waals surface area contributed by atoms with Crippen molar-refractivity contribution < 1.29 is 19.1 Å². The maximum atomic E-state index is 13.2. The van der Waals surface area contributed by atoms with Gasteiger partial charge in [-0.1, -0.05) is 31.4 Å².